The van der Waals surface area contributed by atoms with Gasteiger partial charge in [-0.3, -0.25) is 0 Å². The average Bonchev–Trinajstić information content (AvgIpc) is 3.04. The van der Waals surface area contributed by atoms with Gasteiger partial charge in [-0.15, -0.1) is 0 Å². The summed E-state index contributed by atoms with van der Waals surface area (Å²) in [4.78, 5) is 12.2. The van der Waals surface area contributed by atoms with Crippen LogP contribution in [0.25, 0.3) is 22.0 Å². The van der Waals surface area contributed by atoms with E-state index in [1.54, 1.807) is 24.3 Å². The zero-order chi connectivity index (χ0) is 18.8. The van der Waals surface area contributed by atoms with Crippen molar-refractivity contribution in [3.63, 3.8) is 0 Å². The fourth-order valence-electron chi connectivity index (χ4n) is 2.88. The van der Waals surface area contributed by atoms with Crippen LogP contribution < -0.4 is 15.1 Å². The molecule has 3 aromatic carbocycles. The van der Waals surface area contributed by atoms with Gasteiger partial charge in [0.15, 0.2) is 0 Å². The smallest absolute Gasteiger partial charge is 0.0843 e. The Labute approximate surface area is 169 Å². The molecule has 0 atom stereocenters. The Hall–Kier alpha value is -2.75. The second-order valence-electron chi connectivity index (χ2n) is 5.94. The molecule has 0 aliphatic rings. The van der Waals surface area contributed by atoms with Gasteiger partial charge in [0.1, 0.15) is 0 Å². The van der Waals surface area contributed by atoms with Crippen LogP contribution in [0, 0.1) is 0 Å². The fourth-order valence-corrected chi connectivity index (χ4v) is 3.67. The summed E-state index contributed by atoms with van der Waals surface area (Å²) in [5, 5.41) is 14.5. The third-order valence-corrected chi connectivity index (χ3v) is 5.01. The maximum atomic E-state index is 12.2. The zero-order valence-corrected chi connectivity index (χ0v) is 16.7. The number of aromatic nitrogens is 2. The first-order chi connectivity index (χ1) is 13.1. The van der Waals surface area contributed by atoms with E-state index in [0.29, 0.717) is 16.4 Å². The van der Waals surface area contributed by atoms with E-state index in [1.807, 2.05) is 36.4 Å². The van der Waals surface area contributed by atoms with Crippen molar-refractivity contribution in [1.82, 2.24) is 10.2 Å². The van der Waals surface area contributed by atoms with Crippen molar-refractivity contribution in [2.75, 3.05) is 10.6 Å². The number of hydrogen-bond acceptors (Lipinski definition) is 2. The predicted molar refractivity (Wildman–Crippen MR) is 111 cm³/mol. The molecule has 27 heavy (non-hydrogen) atoms. The number of anilines is 2. The number of carbonyl (C=O) groups excluding carboxylic acids is 1. The molecule has 0 aliphatic carbocycles. The summed E-state index contributed by atoms with van der Waals surface area (Å²) in [6.45, 7) is 0. The molecule has 132 valence electrons. The summed E-state index contributed by atoms with van der Waals surface area (Å²) in [6, 6.07) is 20.4. The number of aromatic amines is 1. The second-order valence-corrected chi connectivity index (χ2v) is 7.31. The molecule has 0 bridgehead atoms. The Bertz CT molecular complexity index is 1120. The van der Waals surface area contributed by atoms with E-state index < -0.39 is 0 Å². The van der Waals surface area contributed by atoms with Gasteiger partial charge in [-0.25, -0.2) is 0 Å². The van der Waals surface area contributed by atoms with Crippen LogP contribution in [0.4, 0.5) is 16.2 Å². The summed E-state index contributed by atoms with van der Waals surface area (Å²) in [7, 11) is 0. The van der Waals surface area contributed by atoms with Crippen LogP contribution in [0.5, 0.6) is 0 Å². The van der Waals surface area contributed by atoms with Gasteiger partial charge in [-0.2, -0.15) is 0 Å². The van der Waals surface area contributed by atoms with E-state index in [0.717, 1.165) is 26.5 Å². The van der Waals surface area contributed by atoms with E-state index in [2.05, 4.69) is 43.8 Å². The maximum absolute atomic E-state index is 12.2. The molecule has 4 aromatic rings. The number of H-pyrrole nitrogens is 1. The van der Waals surface area contributed by atoms with Gasteiger partial charge >= 0.3 is 141 Å². The van der Waals surface area contributed by atoms with Crippen LogP contribution in [-0.2, 0) is 0 Å². The molecule has 0 saturated heterocycles. The fraction of sp³-hybridized carbons (Fsp3) is 0. The van der Waals surface area contributed by atoms with E-state index in [1.165, 1.54) is 0 Å². The molecule has 0 aliphatic heterocycles. The first-order valence-electron chi connectivity index (χ1n) is 8.20. The third-order valence-electron chi connectivity index (χ3n) is 4.10. The van der Waals surface area contributed by atoms with E-state index >= 15 is 0 Å². The number of benzene rings is 3. The molecule has 1 aromatic heterocycles. The summed E-state index contributed by atoms with van der Waals surface area (Å²) < 4.78 is 0.969. The van der Waals surface area contributed by atoms with E-state index in [-0.39, 0.29) is 6.03 Å². The van der Waals surface area contributed by atoms with Gasteiger partial charge < -0.3 is 0 Å². The quantitative estimate of drug-likeness (QED) is 0.419. The number of nitrogens with zero attached hydrogens (tertiary/aromatic N) is 1. The summed E-state index contributed by atoms with van der Waals surface area (Å²) in [6.07, 6.45) is 0. The minimum Gasteiger partial charge on any atom is -0.0843 e. The van der Waals surface area contributed by atoms with Crippen LogP contribution in [0.15, 0.2) is 66.7 Å². The standard InChI is InChI=1S/C20H14AsClN4O/c21-19-18-16(5-2-6-17(18)25-26-19)12-7-9-14(10-8-12)23-20(27)24-15-4-1-3-13(22)11-15/h1-11H,(H,25,26)(H2,23,24,27). The number of urea groups is 1. The van der Waals surface area contributed by atoms with Crippen LogP contribution >= 0.6 is 11.6 Å². The Morgan fingerprint density at radius 3 is 2.48 bits per heavy atom. The molecule has 0 spiro atoms. The molecule has 5 nitrogen and oxygen atoms in total. The van der Waals surface area contributed by atoms with E-state index in [9.17, 15) is 4.79 Å². The Morgan fingerprint density at radius 2 is 1.70 bits per heavy atom. The van der Waals surface area contributed by atoms with Crippen LogP contribution in [0.3, 0.4) is 0 Å². The van der Waals surface area contributed by atoms with Crippen molar-refractivity contribution in [1.29, 1.82) is 0 Å². The topological polar surface area (TPSA) is 69.8 Å². The van der Waals surface area contributed by atoms with Gasteiger partial charge in [0.25, 0.3) is 0 Å². The minimum atomic E-state index is -0.324. The monoisotopic (exact) mass is 436 g/mol. The molecule has 2 amide bonds. The summed E-state index contributed by atoms with van der Waals surface area (Å²) in [5.41, 5.74) is 4.40. The molecule has 4 rings (SSSR count). The molecule has 3 N–H and O–H groups in total. The van der Waals surface area contributed by atoms with Crippen LogP contribution in [-0.4, -0.2) is 33.1 Å². The Kier molecular flexibility index (Phi) is 4.88. The van der Waals surface area contributed by atoms with Gasteiger partial charge in [-0.1, -0.05) is 17.7 Å². The van der Waals surface area contributed by atoms with Crippen molar-refractivity contribution in [2.24, 2.45) is 0 Å². The average molecular weight is 437 g/mol. The second kappa shape index (κ2) is 7.47. The van der Waals surface area contributed by atoms with Gasteiger partial charge in [0.2, 0.25) is 0 Å². The molecule has 1 heterocycles. The number of amides is 2. The van der Waals surface area contributed by atoms with Crippen molar-refractivity contribution in [3.8, 4) is 11.1 Å². The first kappa shape index (κ1) is 17.7. The minimum absolute atomic E-state index is 0.324. The van der Waals surface area contributed by atoms with Crippen LogP contribution in [0.1, 0.15) is 0 Å². The third kappa shape index (κ3) is 3.85. The predicted octanol–water partition coefficient (Wildman–Crippen LogP) is 4.32. The van der Waals surface area contributed by atoms with Gasteiger partial charge in [0.05, 0.1) is 0 Å². The summed E-state index contributed by atoms with van der Waals surface area (Å²) >= 11 is 8.44. The van der Waals surface area contributed by atoms with Gasteiger partial charge in [0, 0.05) is 5.02 Å². The van der Waals surface area contributed by atoms with Crippen molar-refractivity contribution in [3.05, 3.63) is 71.8 Å². The van der Waals surface area contributed by atoms with Crippen molar-refractivity contribution in [2.45, 2.75) is 0 Å². The molecular weight excluding hydrogens is 423 g/mol. The SMILES string of the molecule is O=C(Nc1ccc(-c2cccc3n[nH]c([As])c23)cc1)Nc1cccc(Cl)c1. The molecule has 2 radical (unpaired) electrons. The normalized spacial score (nSPS) is 10.7. The number of hydrogen-bond donors (Lipinski definition) is 3. The van der Waals surface area contributed by atoms with Crippen molar-refractivity contribution < 1.29 is 4.79 Å². The van der Waals surface area contributed by atoms with E-state index in [4.69, 9.17) is 11.6 Å². The molecule has 0 saturated carbocycles. The number of fused-ring (bicyclic) bond motifs is 1. The number of halogens is 1. The number of rotatable bonds is 3. The zero-order valence-electron chi connectivity index (χ0n) is 14.0. The van der Waals surface area contributed by atoms with Crippen LogP contribution in [0.2, 0.25) is 5.02 Å². The first-order valence-corrected chi connectivity index (χ1v) is 9.52. The number of carbonyl (C=O) groups is 1. The van der Waals surface area contributed by atoms with Crippen molar-refractivity contribution >= 4 is 61.2 Å². The number of nitrogens with one attached hydrogen (secondary N) is 3. The molecule has 7 heteroatoms. The Morgan fingerprint density at radius 1 is 0.963 bits per heavy atom. The molecular formula is C20H14AsClN4O. The molecule has 0 fully saturated rings. The summed E-state index contributed by atoms with van der Waals surface area (Å²) in [5.74, 6) is 0. The van der Waals surface area contributed by atoms with Gasteiger partial charge in [-0.05, 0) is 6.07 Å². The Balaban J connectivity index is 1.52. The molecule has 0 unspecified atom stereocenters.